The number of para-hydroxylation sites is 1. The molecule has 2 heterocycles. The standard InChI is InChI=1S/C19H17N5OS/c1-25-14-10-6-7-12(11-14)16-15-17(20)24(13-8-4-3-5-9-13)23-18(15)22-19(21-16)26-2/h3-11H,20H2,1-2H3. The number of fused-ring (bicyclic) bond motifs is 1. The zero-order valence-corrected chi connectivity index (χ0v) is 15.2. The van der Waals surface area contributed by atoms with Crippen LogP contribution < -0.4 is 10.5 Å². The van der Waals surface area contributed by atoms with Crippen molar-refractivity contribution in [3.8, 4) is 22.7 Å². The van der Waals surface area contributed by atoms with Crippen molar-refractivity contribution < 1.29 is 4.74 Å². The SMILES string of the molecule is COc1cccc(-c2nc(SC)nc3nn(-c4ccccc4)c(N)c23)c1. The molecule has 0 atom stereocenters. The smallest absolute Gasteiger partial charge is 0.190 e. The summed E-state index contributed by atoms with van der Waals surface area (Å²) in [6.07, 6.45) is 1.94. The number of methoxy groups -OCH3 is 1. The monoisotopic (exact) mass is 363 g/mol. The zero-order valence-electron chi connectivity index (χ0n) is 14.4. The number of nitrogen functional groups attached to an aromatic ring is 1. The number of hydrogen-bond donors (Lipinski definition) is 1. The summed E-state index contributed by atoms with van der Waals surface area (Å²) in [6.45, 7) is 0. The summed E-state index contributed by atoms with van der Waals surface area (Å²) < 4.78 is 7.05. The van der Waals surface area contributed by atoms with E-state index < -0.39 is 0 Å². The van der Waals surface area contributed by atoms with Gasteiger partial charge in [-0.05, 0) is 30.5 Å². The lowest BCUT2D eigenvalue weighted by Gasteiger charge is -2.07. The average molecular weight is 363 g/mol. The van der Waals surface area contributed by atoms with Gasteiger partial charge < -0.3 is 10.5 Å². The average Bonchev–Trinajstić information content (AvgIpc) is 3.04. The van der Waals surface area contributed by atoms with Gasteiger partial charge in [-0.1, -0.05) is 42.1 Å². The Morgan fingerprint density at radius 3 is 2.58 bits per heavy atom. The van der Waals surface area contributed by atoms with Gasteiger partial charge in [0.2, 0.25) is 0 Å². The van der Waals surface area contributed by atoms with Crippen molar-refractivity contribution in [2.75, 3.05) is 19.1 Å². The van der Waals surface area contributed by atoms with E-state index in [9.17, 15) is 0 Å². The summed E-state index contributed by atoms with van der Waals surface area (Å²) in [5, 5.41) is 6.00. The largest absolute Gasteiger partial charge is 0.497 e. The van der Waals surface area contributed by atoms with E-state index in [1.54, 1.807) is 11.8 Å². The fourth-order valence-corrected chi connectivity index (χ4v) is 3.19. The van der Waals surface area contributed by atoms with Crippen molar-refractivity contribution in [3.63, 3.8) is 0 Å². The highest BCUT2D eigenvalue weighted by atomic mass is 32.2. The van der Waals surface area contributed by atoms with Crippen LogP contribution in [0.25, 0.3) is 28.0 Å². The maximum atomic E-state index is 6.45. The predicted molar refractivity (Wildman–Crippen MR) is 105 cm³/mol. The highest BCUT2D eigenvalue weighted by Crippen LogP contribution is 2.34. The third-order valence-corrected chi connectivity index (χ3v) is 4.62. The Kier molecular flexibility index (Phi) is 4.22. The minimum atomic E-state index is 0.511. The van der Waals surface area contributed by atoms with Gasteiger partial charge in [0.15, 0.2) is 10.8 Å². The Hall–Kier alpha value is -3.06. The molecule has 0 spiro atoms. The Balaban J connectivity index is 2.01. The molecule has 7 heteroatoms. The lowest BCUT2D eigenvalue weighted by atomic mass is 10.1. The molecule has 0 unspecified atom stereocenters. The second-order valence-corrected chi connectivity index (χ2v) is 6.40. The number of hydrogen-bond acceptors (Lipinski definition) is 6. The van der Waals surface area contributed by atoms with Crippen LogP contribution >= 0.6 is 11.8 Å². The van der Waals surface area contributed by atoms with Crippen LogP contribution in [0.4, 0.5) is 5.82 Å². The summed E-state index contributed by atoms with van der Waals surface area (Å²) in [4.78, 5) is 9.23. The second kappa shape index (κ2) is 6.68. The third kappa shape index (κ3) is 2.76. The first-order chi connectivity index (χ1) is 12.7. The molecule has 0 amide bonds. The van der Waals surface area contributed by atoms with Crippen LogP contribution in [-0.4, -0.2) is 33.1 Å². The Bertz CT molecular complexity index is 1080. The van der Waals surface area contributed by atoms with Crippen LogP contribution in [0.1, 0.15) is 0 Å². The number of nitrogens with zero attached hydrogens (tertiary/aromatic N) is 4. The summed E-state index contributed by atoms with van der Waals surface area (Å²) in [6, 6.07) is 17.5. The molecule has 0 aliphatic rings. The fourth-order valence-electron chi connectivity index (χ4n) is 2.83. The van der Waals surface area contributed by atoms with Gasteiger partial charge in [0.05, 0.1) is 23.9 Å². The Morgan fingerprint density at radius 2 is 1.85 bits per heavy atom. The fraction of sp³-hybridized carbons (Fsp3) is 0.105. The van der Waals surface area contributed by atoms with Crippen molar-refractivity contribution in [2.24, 2.45) is 0 Å². The molecule has 0 bridgehead atoms. The van der Waals surface area contributed by atoms with Gasteiger partial charge >= 0.3 is 0 Å². The number of benzene rings is 2. The van der Waals surface area contributed by atoms with Gasteiger partial charge in [0.1, 0.15) is 11.6 Å². The first-order valence-electron chi connectivity index (χ1n) is 8.01. The summed E-state index contributed by atoms with van der Waals surface area (Å²) in [5.41, 5.74) is 9.56. The molecule has 2 N–H and O–H groups in total. The van der Waals surface area contributed by atoms with Crippen LogP contribution in [0, 0.1) is 0 Å². The molecule has 0 aliphatic heterocycles. The van der Waals surface area contributed by atoms with E-state index in [2.05, 4.69) is 10.1 Å². The van der Waals surface area contributed by atoms with E-state index in [0.29, 0.717) is 16.6 Å². The molecule has 6 nitrogen and oxygen atoms in total. The molecule has 2 aromatic carbocycles. The molecule has 0 aliphatic carbocycles. The Morgan fingerprint density at radius 1 is 1.04 bits per heavy atom. The number of rotatable bonds is 4. The number of thioether (sulfide) groups is 1. The van der Waals surface area contributed by atoms with Crippen LogP contribution in [-0.2, 0) is 0 Å². The maximum absolute atomic E-state index is 6.45. The minimum Gasteiger partial charge on any atom is -0.497 e. The van der Waals surface area contributed by atoms with Gasteiger partial charge in [-0.2, -0.15) is 0 Å². The van der Waals surface area contributed by atoms with Crippen LogP contribution in [0.3, 0.4) is 0 Å². The van der Waals surface area contributed by atoms with Crippen LogP contribution in [0.2, 0.25) is 0 Å². The predicted octanol–water partition coefficient (Wildman–Crippen LogP) is 3.80. The molecule has 0 saturated heterocycles. The molecule has 0 radical (unpaired) electrons. The van der Waals surface area contributed by atoms with Crippen molar-refractivity contribution in [1.29, 1.82) is 0 Å². The number of anilines is 1. The van der Waals surface area contributed by atoms with E-state index in [0.717, 1.165) is 28.1 Å². The van der Waals surface area contributed by atoms with Gasteiger partial charge in [-0.15, -0.1) is 5.10 Å². The van der Waals surface area contributed by atoms with Gasteiger partial charge in [0.25, 0.3) is 0 Å². The molecule has 130 valence electrons. The molecule has 0 fully saturated rings. The molecular formula is C19H17N5OS. The topological polar surface area (TPSA) is 78.9 Å². The minimum absolute atomic E-state index is 0.511. The van der Waals surface area contributed by atoms with E-state index in [1.807, 2.05) is 60.9 Å². The quantitative estimate of drug-likeness (QED) is 0.439. The highest BCUT2D eigenvalue weighted by molar-refractivity contribution is 7.98. The highest BCUT2D eigenvalue weighted by Gasteiger charge is 2.19. The summed E-state index contributed by atoms with van der Waals surface area (Å²) in [5.74, 6) is 1.27. The van der Waals surface area contributed by atoms with E-state index in [4.69, 9.17) is 15.5 Å². The van der Waals surface area contributed by atoms with Crippen molar-refractivity contribution >= 4 is 28.6 Å². The van der Waals surface area contributed by atoms with Crippen molar-refractivity contribution in [2.45, 2.75) is 5.16 Å². The second-order valence-electron chi connectivity index (χ2n) is 5.62. The molecular weight excluding hydrogens is 346 g/mol. The number of aromatic nitrogens is 4. The maximum Gasteiger partial charge on any atom is 0.190 e. The molecule has 26 heavy (non-hydrogen) atoms. The van der Waals surface area contributed by atoms with Crippen LogP contribution in [0.5, 0.6) is 5.75 Å². The third-order valence-electron chi connectivity index (χ3n) is 4.07. The normalized spacial score (nSPS) is 11.0. The Labute approximate surface area is 155 Å². The lowest BCUT2D eigenvalue weighted by molar-refractivity contribution is 0.415. The summed E-state index contributed by atoms with van der Waals surface area (Å²) >= 11 is 1.47. The van der Waals surface area contributed by atoms with E-state index >= 15 is 0 Å². The lowest BCUT2D eigenvalue weighted by Crippen LogP contribution is -2.01. The molecule has 4 rings (SSSR count). The first-order valence-corrected chi connectivity index (χ1v) is 9.24. The van der Waals surface area contributed by atoms with E-state index in [-0.39, 0.29) is 0 Å². The van der Waals surface area contributed by atoms with E-state index in [1.165, 1.54) is 11.8 Å². The first kappa shape index (κ1) is 16.4. The number of nitrogens with two attached hydrogens (primary N) is 1. The van der Waals surface area contributed by atoms with Gasteiger partial charge in [0, 0.05) is 5.56 Å². The molecule has 2 aromatic heterocycles. The molecule has 4 aromatic rings. The van der Waals surface area contributed by atoms with Gasteiger partial charge in [-0.3, -0.25) is 0 Å². The zero-order chi connectivity index (χ0) is 18.1. The van der Waals surface area contributed by atoms with Crippen LogP contribution in [0.15, 0.2) is 59.8 Å². The van der Waals surface area contributed by atoms with Crippen molar-refractivity contribution in [1.82, 2.24) is 19.7 Å². The van der Waals surface area contributed by atoms with Crippen molar-refractivity contribution in [3.05, 3.63) is 54.6 Å². The number of ether oxygens (including phenoxy) is 1. The summed E-state index contributed by atoms with van der Waals surface area (Å²) in [7, 11) is 1.64. The molecule has 0 saturated carbocycles. The van der Waals surface area contributed by atoms with Gasteiger partial charge in [-0.25, -0.2) is 14.6 Å².